The molecule has 118 valence electrons. The smallest absolute Gasteiger partial charge is 0.186 e. The van der Waals surface area contributed by atoms with Gasteiger partial charge in [0.1, 0.15) is 5.75 Å². The molecule has 0 saturated carbocycles. The summed E-state index contributed by atoms with van der Waals surface area (Å²) in [7, 11) is 1.62. The van der Waals surface area contributed by atoms with Crippen molar-refractivity contribution in [2.45, 2.75) is 53.0 Å². The number of carbonyl (C=O) groups is 1. The molecule has 0 atom stereocenters. The predicted octanol–water partition coefficient (Wildman–Crippen LogP) is 4.09. The number of carbonyl (C=O) groups excluding carboxylic acids is 1. The minimum atomic E-state index is -0.440. The number of aryl methyl sites for hydroxylation is 1. The van der Waals surface area contributed by atoms with Gasteiger partial charge in [-0.05, 0) is 45.0 Å². The zero-order valence-corrected chi connectivity index (χ0v) is 14.3. The Morgan fingerprint density at radius 2 is 1.71 bits per heavy atom. The number of ketones is 1. The fraction of sp³-hybridized carbons (Fsp3) is 0.611. The second-order valence-electron chi connectivity index (χ2n) is 5.44. The van der Waals surface area contributed by atoms with E-state index in [0.717, 1.165) is 31.5 Å². The van der Waals surface area contributed by atoms with E-state index in [-0.39, 0.29) is 5.78 Å². The number of nitrogens with zero attached hydrogens (tertiary/aromatic N) is 1. The Morgan fingerprint density at radius 1 is 1.14 bits per heavy atom. The van der Waals surface area contributed by atoms with Crippen molar-refractivity contribution in [3.8, 4) is 5.75 Å². The van der Waals surface area contributed by atoms with Crippen LogP contribution in [0.3, 0.4) is 0 Å². The fourth-order valence-electron chi connectivity index (χ4n) is 3.24. The van der Waals surface area contributed by atoms with Gasteiger partial charge in [0.2, 0.25) is 0 Å². The van der Waals surface area contributed by atoms with E-state index in [4.69, 9.17) is 4.74 Å². The Hall–Kier alpha value is -1.35. The maximum Gasteiger partial charge on any atom is 0.186 e. The van der Waals surface area contributed by atoms with Crippen molar-refractivity contribution in [1.29, 1.82) is 0 Å². The molecule has 0 heterocycles. The van der Waals surface area contributed by atoms with Crippen LogP contribution in [0.15, 0.2) is 18.2 Å². The molecule has 0 aliphatic carbocycles. The van der Waals surface area contributed by atoms with Gasteiger partial charge in [0.15, 0.2) is 5.78 Å². The van der Waals surface area contributed by atoms with E-state index < -0.39 is 5.54 Å². The number of ether oxygens (including phenoxy) is 1. The minimum absolute atomic E-state index is 0.178. The molecule has 0 aromatic heterocycles. The van der Waals surface area contributed by atoms with Gasteiger partial charge in [0.25, 0.3) is 0 Å². The predicted molar refractivity (Wildman–Crippen MR) is 88.3 cm³/mol. The normalized spacial score (nSPS) is 11.8. The second-order valence-corrected chi connectivity index (χ2v) is 5.44. The Labute approximate surface area is 129 Å². The third-order valence-corrected chi connectivity index (χ3v) is 4.56. The molecule has 0 fully saturated rings. The van der Waals surface area contributed by atoms with Crippen LogP contribution in [-0.4, -0.2) is 36.4 Å². The highest BCUT2D eigenvalue weighted by Gasteiger charge is 2.40. The third kappa shape index (κ3) is 3.29. The molecule has 1 aromatic carbocycles. The zero-order chi connectivity index (χ0) is 16.0. The molecule has 0 amide bonds. The van der Waals surface area contributed by atoms with Gasteiger partial charge in [0, 0.05) is 0 Å². The first-order chi connectivity index (χ1) is 10.00. The first-order valence-electron chi connectivity index (χ1n) is 7.95. The van der Waals surface area contributed by atoms with E-state index in [2.05, 4.69) is 32.6 Å². The molecule has 0 aliphatic rings. The molecule has 0 spiro atoms. The van der Waals surface area contributed by atoms with Gasteiger partial charge < -0.3 is 4.74 Å². The maximum atomic E-state index is 13.3. The lowest BCUT2D eigenvalue weighted by molar-refractivity contribution is 0.0532. The number of methoxy groups -OCH3 is 1. The van der Waals surface area contributed by atoms with E-state index in [0.29, 0.717) is 11.3 Å². The van der Waals surface area contributed by atoms with E-state index in [1.54, 1.807) is 7.11 Å². The summed E-state index contributed by atoms with van der Waals surface area (Å²) in [5.74, 6) is 0.848. The van der Waals surface area contributed by atoms with Crippen molar-refractivity contribution >= 4 is 5.78 Å². The molecule has 3 heteroatoms. The maximum absolute atomic E-state index is 13.3. The molecule has 0 unspecified atom stereocenters. The lowest BCUT2D eigenvalue weighted by Gasteiger charge is -2.41. The summed E-state index contributed by atoms with van der Waals surface area (Å²) >= 11 is 0. The standard InChI is InChI=1S/C18H29NO2/c1-7-18(8-2,19(9-3)10-4)17(20)15-13-14(5)11-12-16(15)21-6/h11-13H,7-10H2,1-6H3. The SMILES string of the molecule is CCN(CC)C(CC)(CC)C(=O)c1cc(C)ccc1OC. The van der Waals surface area contributed by atoms with Crippen molar-refractivity contribution in [3.63, 3.8) is 0 Å². The molecule has 1 rings (SSSR count). The average Bonchev–Trinajstić information content (AvgIpc) is 2.52. The van der Waals surface area contributed by atoms with E-state index >= 15 is 0 Å². The van der Waals surface area contributed by atoms with Crippen LogP contribution in [0.5, 0.6) is 5.75 Å². The van der Waals surface area contributed by atoms with Crippen LogP contribution >= 0.6 is 0 Å². The molecular formula is C18H29NO2. The minimum Gasteiger partial charge on any atom is -0.496 e. The Morgan fingerprint density at radius 3 is 2.14 bits per heavy atom. The highest BCUT2D eigenvalue weighted by molar-refractivity contribution is 6.05. The van der Waals surface area contributed by atoms with Gasteiger partial charge in [0.05, 0.1) is 18.2 Å². The van der Waals surface area contributed by atoms with Crippen LogP contribution < -0.4 is 4.74 Å². The topological polar surface area (TPSA) is 29.5 Å². The summed E-state index contributed by atoms with van der Waals surface area (Å²) < 4.78 is 5.41. The number of hydrogen-bond donors (Lipinski definition) is 0. The number of rotatable bonds is 8. The van der Waals surface area contributed by atoms with Crippen LogP contribution in [0, 0.1) is 6.92 Å². The van der Waals surface area contributed by atoms with Crippen molar-refractivity contribution < 1.29 is 9.53 Å². The van der Waals surface area contributed by atoms with Crippen LogP contribution in [0.2, 0.25) is 0 Å². The van der Waals surface area contributed by atoms with Gasteiger partial charge in [-0.15, -0.1) is 0 Å². The van der Waals surface area contributed by atoms with Crippen LogP contribution in [-0.2, 0) is 0 Å². The van der Waals surface area contributed by atoms with E-state index in [1.807, 2.05) is 25.1 Å². The summed E-state index contributed by atoms with van der Waals surface area (Å²) in [5, 5.41) is 0. The number of Topliss-reactive ketones (excluding diaryl/α,β-unsaturated/α-hetero) is 1. The number of likely N-dealkylation sites (N-methyl/N-ethyl adjacent to an activating group) is 1. The molecular weight excluding hydrogens is 262 g/mol. The highest BCUT2D eigenvalue weighted by atomic mass is 16.5. The van der Waals surface area contributed by atoms with Crippen molar-refractivity contribution in [1.82, 2.24) is 4.90 Å². The van der Waals surface area contributed by atoms with Crippen molar-refractivity contribution in [3.05, 3.63) is 29.3 Å². The fourth-order valence-corrected chi connectivity index (χ4v) is 3.24. The lowest BCUT2D eigenvalue weighted by atomic mass is 9.81. The largest absolute Gasteiger partial charge is 0.496 e. The molecule has 0 saturated heterocycles. The van der Waals surface area contributed by atoms with E-state index in [1.165, 1.54) is 0 Å². The van der Waals surface area contributed by atoms with Crippen LogP contribution in [0.25, 0.3) is 0 Å². The molecule has 0 radical (unpaired) electrons. The summed E-state index contributed by atoms with van der Waals surface area (Å²) in [5.41, 5.74) is 1.35. The third-order valence-electron chi connectivity index (χ3n) is 4.56. The molecule has 3 nitrogen and oxygen atoms in total. The highest BCUT2D eigenvalue weighted by Crippen LogP contribution is 2.32. The van der Waals surface area contributed by atoms with Crippen molar-refractivity contribution in [2.75, 3.05) is 20.2 Å². The number of benzene rings is 1. The Balaban J connectivity index is 3.39. The Bertz CT molecular complexity index is 474. The van der Waals surface area contributed by atoms with Crippen LogP contribution in [0.1, 0.15) is 56.5 Å². The van der Waals surface area contributed by atoms with E-state index in [9.17, 15) is 4.79 Å². The first kappa shape index (κ1) is 17.7. The van der Waals surface area contributed by atoms with Gasteiger partial charge >= 0.3 is 0 Å². The van der Waals surface area contributed by atoms with Crippen LogP contribution in [0.4, 0.5) is 0 Å². The van der Waals surface area contributed by atoms with Gasteiger partial charge in [-0.25, -0.2) is 0 Å². The molecule has 21 heavy (non-hydrogen) atoms. The Kier molecular flexibility index (Phi) is 6.41. The average molecular weight is 291 g/mol. The summed E-state index contributed by atoms with van der Waals surface area (Å²) in [6.45, 7) is 12.2. The van der Waals surface area contributed by atoms with Crippen molar-refractivity contribution in [2.24, 2.45) is 0 Å². The zero-order valence-electron chi connectivity index (χ0n) is 14.3. The van der Waals surface area contributed by atoms with Gasteiger partial charge in [-0.3, -0.25) is 9.69 Å². The molecule has 0 N–H and O–H groups in total. The monoisotopic (exact) mass is 291 g/mol. The molecule has 0 aliphatic heterocycles. The summed E-state index contributed by atoms with van der Waals surface area (Å²) in [6.07, 6.45) is 1.61. The van der Waals surface area contributed by atoms with Gasteiger partial charge in [-0.2, -0.15) is 0 Å². The second kappa shape index (κ2) is 7.60. The summed E-state index contributed by atoms with van der Waals surface area (Å²) in [6, 6.07) is 5.82. The summed E-state index contributed by atoms with van der Waals surface area (Å²) in [4.78, 5) is 15.6. The molecule has 0 bridgehead atoms. The quantitative estimate of drug-likeness (QED) is 0.676. The molecule has 1 aromatic rings. The number of hydrogen-bond acceptors (Lipinski definition) is 3. The van der Waals surface area contributed by atoms with Gasteiger partial charge in [-0.1, -0.05) is 39.3 Å². The lowest BCUT2D eigenvalue weighted by Crippen LogP contribution is -2.54. The first-order valence-corrected chi connectivity index (χ1v) is 7.95.